The smallest absolute Gasteiger partial charge is 0.425 e. The molecule has 0 bridgehead atoms. The Balaban J connectivity index is 0.000000339. The van der Waals surface area contributed by atoms with Gasteiger partial charge in [-0.2, -0.15) is 42.8 Å². The van der Waals surface area contributed by atoms with Crippen molar-refractivity contribution in [1.82, 2.24) is 0 Å². The van der Waals surface area contributed by atoms with E-state index in [4.69, 9.17) is 25.3 Å². The monoisotopic (exact) mass is 1600 g/mol. The molecule has 0 amide bonds. The average Bonchev–Trinajstić information content (AvgIpc) is 1.57. The predicted octanol–water partition coefficient (Wildman–Crippen LogP) is 6.02. The SMILES string of the molecule is CC1(C)C(/C=C/C=C/C=C2/N(CCCS(=O)(=O)O)c3ccc(C(=O)O)cc3C2(C)C)=[N+](CCCS(=O)(=O)[O-])c2c1cccc2S(=O)(=O)O.CC1(C)C(/C=C/C=C/C=C2/N(CCCS(=O)(=O)O)c3ccc(C(=O)O)cc3C2(C)C)=[N+](CCCS(=O)(=O)[O-])c2cccc(S(=O)(=O)O)c21.O=S(=O)=O.O=S(=O)=O. The van der Waals surface area contributed by atoms with E-state index in [9.17, 15) is 97.6 Å². The van der Waals surface area contributed by atoms with Crippen molar-refractivity contribution in [1.29, 1.82) is 0 Å². The third kappa shape index (κ3) is 22.5. The average molecular weight is 1610 g/mol. The highest BCUT2D eigenvalue weighted by molar-refractivity contribution is 7.87. The van der Waals surface area contributed by atoms with E-state index >= 15 is 0 Å². The molecule has 104 heavy (non-hydrogen) atoms. The molecule has 0 fully saturated rings. The van der Waals surface area contributed by atoms with Crippen LogP contribution in [0.4, 0.5) is 22.7 Å². The Labute approximate surface area is 605 Å². The molecule has 32 nitrogen and oxygen atoms in total. The summed E-state index contributed by atoms with van der Waals surface area (Å²) in [4.78, 5) is 26.5. The van der Waals surface area contributed by atoms with Crippen LogP contribution in [-0.2, 0) is 104 Å². The number of carboxylic acids is 2. The Kier molecular flexibility index (Phi) is 27.9. The van der Waals surface area contributed by atoms with Crippen molar-refractivity contribution in [2.45, 2.75) is 113 Å². The molecule has 0 aromatic heterocycles. The topological polar surface area (TPSA) is 521 Å². The van der Waals surface area contributed by atoms with Crippen LogP contribution in [-0.4, -0.2) is 195 Å². The van der Waals surface area contributed by atoms with Crippen LogP contribution in [0, 0.1) is 0 Å². The van der Waals surface area contributed by atoms with Crippen molar-refractivity contribution in [2.24, 2.45) is 0 Å². The fraction of sp³-hybridized carbons (Fsp3) is 0.375. The van der Waals surface area contributed by atoms with E-state index in [0.29, 0.717) is 39.6 Å². The van der Waals surface area contributed by atoms with Crippen LogP contribution in [0.5, 0.6) is 0 Å². The minimum Gasteiger partial charge on any atom is -0.748 e. The molecule has 4 heterocycles. The van der Waals surface area contributed by atoms with Crippen molar-refractivity contribution in [2.75, 3.05) is 59.0 Å². The van der Waals surface area contributed by atoms with Gasteiger partial charge in [0.1, 0.15) is 18.0 Å². The third-order valence-electron chi connectivity index (χ3n) is 17.1. The number of carboxylic acid groups (broad SMARTS) is 2. The van der Waals surface area contributed by atoms with Crippen LogP contribution < -0.4 is 9.80 Å². The molecule has 0 saturated heterocycles. The standard InChI is InChI=1S/2C32H38N2O11S3.2O3S/c1-31(2)23-21-22(30(35)36)15-16-24(23)33(17-9-19-46(37,38)39)27(31)13-6-5-7-14-28-32(3,4)29-25(11-8-12-26(29)48(43,44)45)34(28)18-10-20-47(40,41)42;1-31(2)23-11-8-12-26(48(43,44)45)29(23)34(18-10-20-47(40,41)42)28(31)14-7-5-6-13-27-32(3,4)24-21-22(30(35)36)15-16-25(24)33(27)17-9-19-46(37,38)39;2*1-4(2)3/h2*5-8,11-16,21H,9-10,17-20H2,1-4H3,(H3-,35,36,37,38,39,40,41,42,43,44,45);;. The van der Waals surface area contributed by atoms with Crippen molar-refractivity contribution < 1.29 is 132 Å². The highest BCUT2D eigenvalue weighted by Gasteiger charge is 2.49. The fourth-order valence-corrected chi connectivity index (χ4v) is 16.3. The van der Waals surface area contributed by atoms with Gasteiger partial charge in [0.05, 0.1) is 59.3 Å². The summed E-state index contributed by atoms with van der Waals surface area (Å²) in [6.45, 7) is 15.4. The van der Waals surface area contributed by atoms with Gasteiger partial charge in [0, 0.05) is 94.8 Å². The second-order valence-electron chi connectivity index (χ2n) is 25.7. The summed E-state index contributed by atoms with van der Waals surface area (Å²) >= 11 is 0. The molecule has 4 aromatic carbocycles. The van der Waals surface area contributed by atoms with Gasteiger partial charge in [-0.15, -0.1) is 25.3 Å². The lowest BCUT2D eigenvalue weighted by atomic mass is 9.81. The highest BCUT2D eigenvalue weighted by Crippen LogP contribution is 2.51. The van der Waals surface area contributed by atoms with Crippen LogP contribution >= 0.6 is 0 Å². The van der Waals surface area contributed by atoms with Gasteiger partial charge in [-0.3, -0.25) is 18.2 Å². The van der Waals surface area contributed by atoms with E-state index in [1.807, 2.05) is 63.5 Å². The van der Waals surface area contributed by atoms with Crippen LogP contribution in [0.25, 0.3) is 0 Å². The number of hydrogen-bond donors (Lipinski definition) is 6. The van der Waals surface area contributed by atoms with Crippen LogP contribution in [0.2, 0.25) is 0 Å². The van der Waals surface area contributed by atoms with Crippen molar-refractivity contribution in [3.8, 4) is 0 Å². The molecule has 0 radical (unpaired) electrons. The molecule has 40 heteroatoms. The normalized spacial score (nSPS) is 17.4. The molecule has 0 spiro atoms. The Morgan fingerprint density at radius 1 is 0.462 bits per heavy atom. The molecule has 0 unspecified atom stereocenters. The number of para-hydroxylation sites is 1. The zero-order valence-electron chi connectivity index (χ0n) is 56.9. The summed E-state index contributed by atoms with van der Waals surface area (Å²) in [6.07, 6.45) is 17.5. The van der Waals surface area contributed by atoms with Gasteiger partial charge in [0.2, 0.25) is 11.4 Å². The number of fused-ring (bicyclic) bond motifs is 4. The number of rotatable bonds is 26. The molecule has 0 atom stereocenters. The van der Waals surface area contributed by atoms with Crippen molar-refractivity contribution >= 4 is 128 Å². The molecule has 4 aliphatic heterocycles. The van der Waals surface area contributed by atoms with Gasteiger partial charge in [-0.05, 0) is 112 Å². The first-order valence-corrected chi connectivity index (χ1v) is 42.1. The quantitative estimate of drug-likeness (QED) is 0.0238. The van der Waals surface area contributed by atoms with E-state index in [-0.39, 0.29) is 78.5 Å². The van der Waals surface area contributed by atoms with Crippen LogP contribution in [0.15, 0.2) is 155 Å². The number of benzene rings is 4. The number of nitrogens with zero attached hydrogens (tertiary/aromatic N) is 4. The summed E-state index contributed by atoms with van der Waals surface area (Å²) in [5.41, 5.74) is 4.25. The second-order valence-corrected chi connectivity index (χ2v) is 35.5. The molecule has 8 rings (SSSR count). The largest absolute Gasteiger partial charge is 0.748 e. The zero-order valence-corrected chi connectivity index (χ0v) is 63.4. The van der Waals surface area contributed by atoms with E-state index < -0.39 is 139 Å². The molecule has 6 N–H and O–H groups in total. The summed E-state index contributed by atoms with van der Waals surface area (Å²) in [5.74, 6) is -4.36. The van der Waals surface area contributed by atoms with Crippen LogP contribution in [0.1, 0.15) is 124 Å². The van der Waals surface area contributed by atoms with E-state index in [0.717, 1.165) is 22.5 Å². The molecule has 568 valence electrons. The van der Waals surface area contributed by atoms with E-state index in [2.05, 4.69) is 0 Å². The molecule has 4 aliphatic rings. The molecule has 0 aliphatic carbocycles. The second kappa shape index (κ2) is 33.6. The number of carbonyl (C=O) groups is 2. The van der Waals surface area contributed by atoms with E-state index in [1.165, 1.54) is 36.4 Å². The molecular weight excluding hydrogens is 1530 g/mol. The minimum absolute atomic E-state index is 0.0127. The lowest BCUT2D eigenvalue weighted by Gasteiger charge is -2.27. The lowest BCUT2D eigenvalue weighted by molar-refractivity contribution is -0.440. The maximum atomic E-state index is 12.3. The zero-order chi connectivity index (χ0) is 78.9. The van der Waals surface area contributed by atoms with Gasteiger partial charge < -0.3 is 29.1 Å². The minimum atomic E-state index is -4.65. The fourth-order valence-electron chi connectivity index (χ4n) is 12.8. The summed E-state index contributed by atoms with van der Waals surface area (Å²) in [6, 6.07) is 18.3. The lowest BCUT2D eigenvalue weighted by Crippen LogP contribution is -2.29. The maximum Gasteiger partial charge on any atom is 0.425 e. The van der Waals surface area contributed by atoms with Crippen molar-refractivity contribution in [3.05, 3.63) is 178 Å². The number of aromatic carboxylic acids is 2. The first-order valence-electron chi connectivity index (χ1n) is 30.8. The van der Waals surface area contributed by atoms with Gasteiger partial charge in [0.15, 0.2) is 16.3 Å². The van der Waals surface area contributed by atoms with Crippen LogP contribution in [0.3, 0.4) is 0 Å². The number of allylic oxidation sites excluding steroid dienone is 12. The van der Waals surface area contributed by atoms with Crippen molar-refractivity contribution in [3.63, 3.8) is 0 Å². The first-order chi connectivity index (χ1) is 47.6. The maximum absolute atomic E-state index is 12.3. The van der Waals surface area contributed by atoms with Gasteiger partial charge in [-0.1, -0.05) is 82.4 Å². The predicted molar refractivity (Wildman–Crippen MR) is 378 cm³/mol. The Hall–Kier alpha value is -8.10. The Morgan fingerprint density at radius 3 is 1.21 bits per heavy atom. The summed E-state index contributed by atoms with van der Waals surface area (Å²) in [5, 5.41) is 19.1. The first kappa shape index (κ1) is 86.5. The number of anilines is 2. The van der Waals surface area contributed by atoms with Gasteiger partial charge in [-0.25, -0.2) is 26.4 Å². The Morgan fingerprint density at radius 2 is 0.837 bits per heavy atom. The number of hydrogen-bond acceptors (Lipinski definition) is 24. The van der Waals surface area contributed by atoms with E-state index in [1.54, 1.807) is 108 Å². The Bertz CT molecular complexity index is 5270. The third-order valence-corrected chi connectivity index (χ3v) is 22.1. The highest BCUT2D eigenvalue weighted by atomic mass is 32.2. The molecular formula is C64H76N4O28S8. The van der Waals surface area contributed by atoms with Gasteiger partial charge in [0.25, 0.3) is 30.4 Å². The molecule has 0 saturated carbocycles. The summed E-state index contributed by atoms with van der Waals surface area (Å²) in [7, 11) is -32.9. The summed E-state index contributed by atoms with van der Waals surface area (Å²) < 4.78 is 255. The molecule has 4 aromatic rings. The van der Waals surface area contributed by atoms with Gasteiger partial charge >= 0.3 is 43.3 Å².